The van der Waals surface area contributed by atoms with Gasteiger partial charge in [0.1, 0.15) is 0 Å². The minimum Gasteiger partial charge on any atom is -0.481 e. The van der Waals surface area contributed by atoms with Crippen LogP contribution in [-0.2, 0) is 11.8 Å². The number of nitrogens with zero attached hydrogens (tertiary/aromatic N) is 3. The fourth-order valence-electron chi connectivity index (χ4n) is 3.85. The van der Waals surface area contributed by atoms with Gasteiger partial charge in [0.05, 0.1) is 24.4 Å². The topological polar surface area (TPSA) is 47.4 Å². The summed E-state index contributed by atoms with van der Waals surface area (Å²) in [6.45, 7) is 2.84. The lowest BCUT2D eigenvalue weighted by molar-refractivity contribution is -0.132. The van der Waals surface area contributed by atoms with Gasteiger partial charge in [0, 0.05) is 20.0 Å². The van der Waals surface area contributed by atoms with Crippen molar-refractivity contribution in [2.75, 3.05) is 13.7 Å². The molecule has 0 N–H and O–H groups in total. The molecule has 2 heterocycles. The maximum absolute atomic E-state index is 12.7. The van der Waals surface area contributed by atoms with Crippen LogP contribution >= 0.6 is 0 Å². The quantitative estimate of drug-likeness (QED) is 0.804. The lowest BCUT2D eigenvalue weighted by Crippen LogP contribution is -2.31. The summed E-state index contributed by atoms with van der Waals surface area (Å²) in [5.74, 6) is 1.47. The number of carbonyl (C=O) groups excluding carboxylic acids is 1. The van der Waals surface area contributed by atoms with Crippen molar-refractivity contribution in [2.24, 2.45) is 13.0 Å². The Morgan fingerprint density at radius 3 is 2.95 bits per heavy atom. The first-order chi connectivity index (χ1) is 10.6. The van der Waals surface area contributed by atoms with Gasteiger partial charge in [0.15, 0.2) is 0 Å². The predicted molar refractivity (Wildman–Crippen MR) is 84.7 cm³/mol. The summed E-state index contributed by atoms with van der Waals surface area (Å²) in [5.41, 5.74) is 2.04. The fraction of sp³-hybridized carbons (Fsp3) is 0.647. The molecular formula is C17H25N3O2. The van der Waals surface area contributed by atoms with Gasteiger partial charge in [0.2, 0.25) is 11.8 Å². The van der Waals surface area contributed by atoms with Gasteiger partial charge >= 0.3 is 0 Å². The summed E-state index contributed by atoms with van der Waals surface area (Å²) in [7, 11) is 3.56. The second-order valence-electron chi connectivity index (χ2n) is 6.35. The molecule has 2 aliphatic rings. The van der Waals surface area contributed by atoms with Crippen LogP contribution in [-0.4, -0.2) is 34.2 Å². The van der Waals surface area contributed by atoms with Crippen LogP contribution in [0.3, 0.4) is 0 Å². The highest BCUT2D eigenvalue weighted by Gasteiger charge is 2.35. The van der Waals surface area contributed by atoms with E-state index < -0.39 is 0 Å². The van der Waals surface area contributed by atoms with E-state index in [1.54, 1.807) is 11.8 Å². The SMILES string of the molecule is COc1c([C@H]2CCCN2C(=O)C[C@H]2C=CCC2)c(C)nn1C. The molecule has 0 spiro atoms. The molecule has 1 aromatic rings. The third-order valence-corrected chi connectivity index (χ3v) is 4.86. The average Bonchev–Trinajstić information content (AvgIpc) is 3.18. The summed E-state index contributed by atoms with van der Waals surface area (Å²) in [6, 6.07) is 0.113. The lowest BCUT2D eigenvalue weighted by atomic mass is 10.0. The third-order valence-electron chi connectivity index (χ3n) is 4.86. The number of hydrogen-bond acceptors (Lipinski definition) is 3. The van der Waals surface area contributed by atoms with E-state index in [2.05, 4.69) is 17.3 Å². The fourth-order valence-corrected chi connectivity index (χ4v) is 3.85. The smallest absolute Gasteiger partial charge is 0.223 e. The van der Waals surface area contributed by atoms with E-state index in [0.29, 0.717) is 12.3 Å². The second kappa shape index (κ2) is 6.15. The van der Waals surface area contributed by atoms with Crippen molar-refractivity contribution >= 4 is 5.91 Å². The number of aryl methyl sites for hydroxylation is 2. The number of hydrogen-bond donors (Lipinski definition) is 0. The number of ether oxygens (including phenoxy) is 1. The molecule has 0 aromatic carbocycles. The van der Waals surface area contributed by atoms with E-state index in [-0.39, 0.29) is 11.9 Å². The molecule has 1 aliphatic carbocycles. The van der Waals surface area contributed by atoms with Crippen LogP contribution in [0, 0.1) is 12.8 Å². The molecule has 5 nitrogen and oxygen atoms in total. The van der Waals surface area contributed by atoms with Gasteiger partial charge in [-0.15, -0.1) is 0 Å². The minimum atomic E-state index is 0.113. The molecule has 0 bridgehead atoms. The van der Waals surface area contributed by atoms with Crippen molar-refractivity contribution in [3.05, 3.63) is 23.4 Å². The Kier molecular flexibility index (Phi) is 4.23. The van der Waals surface area contributed by atoms with E-state index in [9.17, 15) is 4.79 Å². The standard InChI is InChI=1S/C17H25N3O2/c1-12-16(17(22-3)19(2)18-12)14-9-6-10-20(14)15(21)11-13-7-4-5-8-13/h4,7,13-14H,5-6,8-11H2,1-3H3/t13-,14+/m0/s1. The molecule has 22 heavy (non-hydrogen) atoms. The van der Waals surface area contributed by atoms with Crippen LogP contribution in [0.4, 0.5) is 0 Å². The van der Waals surface area contributed by atoms with E-state index >= 15 is 0 Å². The summed E-state index contributed by atoms with van der Waals surface area (Å²) in [5, 5.41) is 4.47. The largest absolute Gasteiger partial charge is 0.481 e. The molecule has 1 aromatic heterocycles. The number of methoxy groups -OCH3 is 1. The first-order valence-corrected chi connectivity index (χ1v) is 8.15. The van der Waals surface area contributed by atoms with E-state index in [1.165, 1.54) is 0 Å². The molecule has 0 saturated carbocycles. The van der Waals surface area contributed by atoms with Crippen LogP contribution in [0.5, 0.6) is 5.88 Å². The van der Waals surface area contributed by atoms with Crippen LogP contribution in [0.2, 0.25) is 0 Å². The van der Waals surface area contributed by atoms with Crippen LogP contribution in [0.15, 0.2) is 12.2 Å². The zero-order valence-electron chi connectivity index (χ0n) is 13.7. The maximum Gasteiger partial charge on any atom is 0.223 e. The molecule has 120 valence electrons. The first-order valence-electron chi connectivity index (χ1n) is 8.15. The van der Waals surface area contributed by atoms with E-state index in [1.807, 2.05) is 18.9 Å². The van der Waals surface area contributed by atoms with Gasteiger partial charge < -0.3 is 9.64 Å². The van der Waals surface area contributed by atoms with Crippen LogP contribution in [0.25, 0.3) is 0 Å². The zero-order chi connectivity index (χ0) is 15.7. The Morgan fingerprint density at radius 1 is 1.45 bits per heavy atom. The molecule has 1 saturated heterocycles. The number of carbonyl (C=O) groups is 1. The van der Waals surface area contributed by atoms with Gasteiger partial charge in [-0.2, -0.15) is 5.10 Å². The maximum atomic E-state index is 12.7. The third kappa shape index (κ3) is 2.64. The molecular weight excluding hydrogens is 278 g/mol. The van der Waals surface area contributed by atoms with E-state index in [4.69, 9.17) is 4.74 Å². The van der Waals surface area contributed by atoms with Crippen molar-refractivity contribution in [3.8, 4) is 5.88 Å². The normalized spacial score (nSPS) is 24.2. The Morgan fingerprint density at radius 2 is 2.27 bits per heavy atom. The van der Waals surface area contributed by atoms with Crippen molar-refractivity contribution in [1.82, 2.24) is 14.7 Å². The minimum absolute atomic E-state index is 0.113. The number of rotatable bonds is 4. The van der Waals surface area contributed by atoms with Gasteiger partial charge in [-0.05, 0) is 38.5 Å². The second-order valence-corrected chi connectivity index (χ2v) is 6.35. The number of likely N-dealkylation sites (tertiary alicyclic amines) is 1. The Labute approximate surface area is 131 Å². The predicted octanol–water partition coefficient (Wildman–Crippen LogP) is 2.76. The number of aromatic nitrogens is 2. The van der Waals surface area contributed by atoms with Crippen molar-refractivity contribution in [2.45, 2.75) is 45.1 Å². The summed E-state index contributed by atoms with van der Waals surface area (Å²) in [6.07, 6.45) is 9.28. The number of allylic oxidation sites excluding steroid dienone is 2. The molecule has 2 atom stereocenters. The molecule has 0 radical (unpaired) electrons. The first kappa shape index (κ1) is 15.1. The molecule has 5 heteroatoms. The molecule has 1 fully saturated rings. The molecule has 0 unspecified atom stereocenters. The van der Waals surface area contributed by atoms with Crippen molar-refractivity contribution in [3.63, 3.8) is 0 Å². The Bertz CT molecular complexity index is 591. The Balaban J connectivity index is 1.81. The zero-order valence-corrected chi connectivity index (χ0v) is 13.7. The molecule has 3 rings (SSSR count). The van der Waals surface area contributed by atoms with Crippen LogP contribution in [0.1, 0.15) is 49.4 Å². The van der Waals surface area contributed by atoms with Crippen molar-refractivity contribution in [1.29, 1.82) is 0 Å². The lowest BCUT2D eigenvalue weighted by Gasteiger charge is -2.26. The van der Waals surface area contributed by atoms with Gasteiger partial charge in [-0.25, -0.2) is 4.68 Å². The van der Waals surface area contributed by atoms with Crippen LogP contribution < -0.4 is 4.74 Å². The van der Waals surface area contributed by atoms with Gasteiger partial charge in [-0.3, -0.25) is 4.79 Å². The number of amides is 1. The highest BCUT2D eigenvalue weighted by atomic mass is 16.5. The molecule has 1 amide bonds. The van der Waals surface area contributed by atoms with Gasteiger partial charge in [-0.1, -0.05) is 12.2 Å². The summed E-state index contributed by atoms with van der Waals surface area (Å²) >= 11 is 0. The summed E-state index contributed by atoms with van der Waals surface area (Å²) < 4.78 is 7.29. The average molecular weight is 303 g/mol. The monoisotopic (exact) mass is 303 g/mol. The molecule has 1 aliphatic heterocycles. The summed E-state index contributed by atoms with van der Waals surface area (Å²) in [4.78, 5) is 14.8. The highest BCUT2D eigenvalue weighted by Crippen LogP contribution is 2.39. The highest BCUT2D eigenvalue weighted by molar-refractivity contribution is 5.77. The Hall–Kier alpha value is -1.78. The van der Waals surface area contributed by atoms with E-state index in [0.717, 1.165) is 49.4 Å². The van der Waals surface area contributed by atoms with Gasteiger partial charge in [0.25, 0.3) is 0 Å². The van der Waals surface area contributed by atoms with Crippen molar-refractivity contribution < 1.29 is 9.53 Å².